The first-order valence-electron chi connectivity index (χ1n) is 21.7. The zero-order chi connectivity index (χ0) is 45.7. The van der Waals surface area contributed by atoms with E-state index in [1.807, 2.05) is 53.9 Å². The van der Waals surface area contributed by atoms with Crippen LogP contribution in [0.15, 0.2) is 36.7 Å². The largest absolute Gasteiger partial charge is 0.327 e. The van der Waals surface area contributed by atoms with Gasteiger partial charge in [-0.3, -0.25) is 19.4 Å². The number of nitrogens with zero attached hydrogens (tertiary/aromatic N) is 6. The van der Waals surface area contributed by atoms with Crippen LogP contribution in [0.2, 0.25) is 0 Å². The highest BCUT2D eigenvalue weighted by atomic mass is 16.2. The average Bonchev–Trinajstić information content (AvgIpc) is 3.03. The second kappa shape index (κ2) is 19.3. The van der Waals surface area contributed by atoms with Crippen molar-refractivity contribution in [3.05, 3.63) is 59.2 Å². The van der Waals surface area contributed by atoms with E-state index in [9.17, 15) is 9.59 Å². The standard InChI is InChI=1S/C14H22.C12H22N2O2.C12H26N2.C12H20N2/c1-13(2,3)11-7-9-12(10-8-11)14(4,5)6;1-11(2,3)13-7-10(16)14(8-9(13)15)12(4,5)6;1-11(2,3)13-7-9-14(10-8-13)12(4,5)6;1-11(2,3)9-7-13-10(14-8-9)12(4,5)6/h7-10H,1-6H3;7-8H2,1-6H3;7-10H2,1-6H3;7-8H,1-6H3. The van der Waals surface area contributed by atoms with Crippen LogP contribution < -0.4 is 0 Å². The van der Waals surface area contributed by atoms with Crippen molar-refractivity contribution in [3.63, 3.8) is 0 Å². The average molecular weight is 807 g/mol. The van der Waals surface area contributed by atoms with Gasteiger partial charge in [-0.15, -0.1) is 0 Å². The Morgan fingerprint density at radius 1 is 0.379 bits per heavy atom. The summed E-state index contributed by atoms with van der Waals surface area (Å²) in [5.41, 5.74) is 4.81. The molecule has 0 unspecified atom stereocenters. The molecule has 0 radical (unpaired) electrons. The molecule has 8 nitrogen and oxygen atoms in total. The molecule has 0 saturated carbocycles. The summed E-state index contributed by atoms with van der Waals surface area (Å²) in [6.07, 6.45) is 3.88. The van der Waals surface area contributed by atoms with Crippen molar-refractivity contribution >= 4 is 11.8 Å². The molecule has 0 aliphatic carbocycles. The molecular weight excluding hydrogens is 717 g/mol. The third-order valence-corrected chi connectivity index (χ3v) is 10.8. The molecule has 2 saturated heterocycles. The van der Waals surface area contributed by atoms with Crippen LogP contribution in [0.25, 0.3) is 0 Å². The number of amides is 2. The van der Waals surface area contributed by atoms with Crippen LogP contribution in [0.5, 0.6) is 0 Å². The molecule has 2 aliphatic heterocycles. The second-order valence-corrected chi connectivity index (χ2v) is 24.5. The third-order valence-electron chi connectivity index (χ3n) is 10.8. The number of carbonyl (C=O) groups is 2. The Morgan fingerprint density at radius 3 is 0.828 bits per heavy atom. The topological polar surface area (TPSA) is 72.9 Å². The number of benzene rings is 1. The summed E-state index contributed by atoms with van der Waals surface area (Å²) in [5, 5.41) is 0. The lowest BCUT2D eigenvalue weighted by molar-refractivity contribution is -0.158. The second-order valence-electron chi connectivity index (χ2n) is 24.5. The molecule has 4 rings (SSSR count). The number of carbonyl (C=O) groups excluding carboxylic acids is 2. The summed E-state index contributed by atoms with van der Waals surface area (Å²) in [4.78, 5) is 41.2. The van der Waals surface area contributed by atoms with E-state index in [4.69, 9.17) is 0 Å². The van der Waals surface area contributed by atoms with Crippen LogP contribution in [-0.2, 0) is 31.2 Å². The van der Waals surface area contributed by atoms with Crippen LogP contribution in [-0.4, -0.2) is 103 Å². The molecule has 332 valence electrons. The monoisotopic (exact) mass is 807 g/mol. The first-order chi connectivity index (χ1) is 25.7. The van der Waals surface area contributed by atoms with Gasteiger partial charge in [0, 0.05) is 66.1 Å². The van der Waals surface area contributed by atoms with E-state index in [0.29, 0.717) is 11.1 Å². The van der Waals surface area contributed by atoms with Crippen molar-refractivity contribution in [1.82, 2.24) is 29.6 Å². The maximum absolute atomic E-state index is 12.0. The molecule has 2 fully saturated rings. The minimum absolute atomic E-state index is 0.0297. The van der Waals surface area contributed by atoms with Crippen LogP contribution >= 0.6 is 0 Å². The van der Waals surface area contributed by atoms with E-state index >= 15 is 0 Å². The smallest absolute Gasteiger partial charge is 0.243 e. The van der Waals surface area contributed by atoms with Crippen LogP contribution in [0, 0.1) is 0 Å². The van der Waals surface area contributed by atoms with Crippen molar-refractivity contribution in [2.24, 2.45) is 0 Å². The van der Waals surface area contributed by atoms with E-state index in [1.165, 1.54) is 42.9 Å². The van der Waals surface area contributed by atoms with Gasteiger partial charge in [0.25, 0.3) is 0 Å². The van der Waals surface area contributed by atoms with Gasteiger partial charge in [-0.25, -0.2) is 9.97 Å². The van der Waals surface area contributed by atoms with Crippen molar-refractivity contribution in [2.75, 3.05) is 39.3 Å². The Kier molecular flexibility index (Phi) is 17.7. The van der Waals surface area contributed by atoms with Crippen LogP contribution in [0.3, 0.4) is 0 Å². The van der Waals surface area contributed by atoms with E-state index in [0.717, 1.165) is 5.82 Å². The minimum Gasteiger partial charge on any atom is -0.327 e. The molecule has 0 bridgehead atoms. The maximum atomic E-state index is 12.0. The molecule has 2 aromatic rings. The van der Waals surface area contributed by atoms with E-state index < -0.39 is 0 Å². The lowest BCUT2D eigenvalue weighted by atomic mass is 9.82. The predicted octanol–water partition coefficient (Wildman–Crippen LogP) is 10.8. The van der Waals surface area contributed by atoms with Gasteiger partial charge in [0.2, 0.25) is 11.8 Å². The summed E-state index contributed by atoms with van der Waals surface area (Å²) in [5.74, 6) is 0.967. The van der Waals surface area contributed by atoms with Gasteiger partial charge >= 0.3 is 0 Å². The van der Waals surface area contributed by atoms with E-state index in [1.54, 1.807) is 9.80 Å². The summed E-state index contributed by atoms with van der Waals surface area (Å²) < 4.78 is 0. The predicted molar refractivity (Wildman–Crippen MR) is 249 cm³/mol. The lowest BCUT2D eigenvalue weighted by Crippen LogP contribution is -2.63. The summed E-state index contributed by atoms with van der Waals surface area (Å²) in [7, 11) is 0. The van der Waals surface area contributed by atoms with Gasteiger partial charge in [0.05, 0.1) is 0 Å². The van der Waals surface area contributed by atoms with Crippen molar-refractivity contribution in [1.29, 1.82) is 0 Å². The molecule has 1 aromatic carbocycles. The highest BCUT2D eigenvalue weighted by Crippen LogP contribution is 2.28. The van der Waals surface area contributed by atoms with Gasteiger partial charge in [-0.1, -0.05) is 107 Å². The van der Waals surface area contributed by atoms with Crippen LogP contribution in [0.1, 0.15) is 189 Å². The molecular formula is C50H90N6O2. The van der Waals surface area contributed by atoms with Crippen molar-refractivity contribution in [3.8, 4) is 0 Å². The summed E-state index contributed by atoms with van der Waals surface area (Å²) >= 11 is 0. The summed E-state index contributed by atoms with van der Waals surface area (Å²) in [6, 6.07) is 9.00. The molecule has 0 atom stereocenters. The number of aromatic nitrogens is 2. The fourth-order valence-corrected chi connectivity index (χ4v) is 6.46. The van der Waals surface area contributed by atoms with Gasteiger partial charge in [0.1, 0.15) is 18.9 Å². The number of piperazine rings is 2. The zero-order valence-electron chi connectivity index (χ0n) is 42.2. The first-order valence-corrected chi connectivity index (χ1v) is 21.7. The Labute approximate surface area is 358 Å². The van der Waals surface area contributed by atoms with Crippen LogP contribution in [0.4, 0.5) is 0 Å². The van der Waals surface area contributed by atoms with Crippen molar-refractivity contribution in [2.45, 2.75) is 210 Å². The lowest BCUT2D eigenvalue weighted by Gasteiger charge is -2.46. The minimum atomic E-state index is -0.281. The highest BCUT2D eigenvalue weighted by molar-refractivity contribution is 5.93. The molecule has 0 spiro atoms. The Bertz CT molecular complexity index is 1380. The molecule has 0 N–H and O–H groups in total. The van der Waals surface area contributed by atoms with Gasteiger partial charge < -0.3 is 9.80 Å². The molecule has 1 aromatic heterocycles. The van der Waals surface area contributed by atoms with Gasteiger partial charge in [-0.2, -0.15) is 0 Å². The number of rotatable bonds is 0. The Hall–Kier alpha value is -2.84. The first kappa shape index (κ1) is 53.2. The van der Waals surface area contributed by atoms with E-state index in [-0.39, 0.29) is 57.6 Å². The molecule has 3 heterocycles. The normalized spacial score (nSPS) is 17.1. The molecule has 2 amide bonds. The fraction of sp³-hybridized carbons (Fsp3) is 0.760. The summed E-state index contributed by atoms with van der Waals surface area (Å²) in [6.45, 7) is 57.1. The molecule has 2 aliphatic rings. The third kappa shape index (κ3) is 17.4. The Balaban J connectivity index is 0.000000387. The van der Waals surface area contributed by atoms with Crippen molar-refractivity contribution < 1.29 is 9.59 Å². The van der Waals surface area contributed by atoms with E-state index in [2.05, 4.69) is 169 Å². The number of hydrogen-bond donors (Lipinski definition) is 0. The van der Waals surface area contributed by atoms with Gasteiger partial charge in [-0.05, 0) is 116 Å². The zero-order valence-corrected chi connectivity index (χ0v) is 42.2. The Morgan fingerprint density at radius 2 is 0.638 bits per heavy atom. The maximum Gasteiger partial charge on any atom is 0.243 e. The molecule has 8 heteroatoms. The number of hydrogen-bond acceptors (Lipinski definition) is 6. The quantitative estimate of drug-likeness (QED) is 0.264. The fourth-order valence-electron chi connectivity index (χ4n) is 6.46. The van der Waals surface area contributed by atoms with Gasteiger partial charge in [0.15, 0.2) is 0 Å². The SMILES string of the molecule is CC(C)(C)N1CC(=O)N(C(C)(C)C)CC1=O.CC(C)(C)N1CCN(C(C)(C)C)CC1.CC(C)(C)c1ccc(C(C)(C)C)cc1.CC(C)(C)c1cnc(C(C)(C)C)nc1. The molecule has 58 heavy (non-hydrogen) atoms. The highest BCUT2D eigenvalue weighted by Gasteiger charge is 2.39.